The molecule has 1 rings (SSSR count). The van der Waals surface area contributed by atoms with Crippen LogP contribution < -0.4 is 15.4 Å². The maximum atomic E-state index is 12.1. The van der Waals surface area contributed by atoms with E-state index in [1.165, 1.54) is 6.92 Å². The highest BCUT2D eigenvalue weighted by Crippen LogP contribution is 2.23. The van der Waals surface area contributed by atoms with E-state index in [0.717, 1.165) is 5.69 Å². The largest absolute Gasteiger partial charge is 0.495 e. The van der Waals surface area contributed by atoms with Gasteiger partial charge in [0.25, 0.3) is 0 Å². The number of ketones is 2. The van der Waals surface area contributed by atoms with Crippen molar-refractivity contribution in [3.05, 3.63) is 24.3 Å². The van der Waals surface area contributed by atoms with Gasteiger partial charge in [-0.3, -0.25) is 9.59 Å². The normalized spacial score (nSPS) is 13.3. The number of benzene rings is 1. The summed E-state index contributed by atoms with van der Waals surface area (Å²) in [5.41, 5.74) is 0.797. The number of nitrogens with one attached hydrogen (secondary N) is 2. The lowest BCUT2D eigenvalue weighted by Crippen LogP contribution is -2.36. The van der Waals surface area contributed by atoms with E-state index in [-0.39, 0.29) is 23.7 Å². The molecule has 0 aromatic heterocycles. The summed E-state index contributed by atoms with van der Waals surface area (Å²) < 4.78 is 5.24. The monoisotopic (exact) mass is 292 g/mol. The third-order valence-corrected chi connectivity index (χ3v) is 3.39. The quantitative estimate of drug-likeness (QED) is 0.729. The van der Waals surface area contributed by atoms with E-state index in [2.05, 4.69) is 10.6 Å². The van der Waals surface area contributed by atoms with Crippen molar-refractivity contribution in [2.75, 3.05) is 19.0 Å². The zero-order valence-electron chi connectivity index (χ0n) is 13.1. The first-order valence-corrected chi connectivity index (χ1v) is 7.11. The van der Waals surface area contributed by atoms with E-state index < -0.39 is 0 Å². The van der Waals surface area contributed by atoms with Gasteiger partial charge in [0, 0.05) is 13.0 Å². The van der Waals surface area contributed by atoms with Crippen LogP contribution in [0.25, 0.3) is 0 Å². The number of rotatable bonds is 9. The lowest BCUT2D eigenvalue weighted by Gasteiger charge is -2.17. The average Bonchev–Trinajstić information content (AvgIpc) is 2.47. The number of hydrogen-bond acceptors (Lipinski definition) is 5. The first-order chi connectivity index (χ1) is 9.95. The molecule has 0 spiro atoms. The van der Waals surface area contributed by atoms with E-state index in [4.69, 9.17) is 4.74 Å². The van der Waals surface area contributed by atoms with E-state index in [0.29, 0.717) is 18.7 Å². The molecular weight excluding hydrogens is 268 g/mol. The number of carbonyl (C=O) groups is 2. The van der Waals surface area contributed by atoms with Crippen molar-refractivity contribution >= 4 is 17.3 Å². The number of ether oxygens (including phenoxy) is 1. The van der Waals surface area contributed by atoms with Gasteiger partial charge in [-0.25, -0.2) is 0 Å². The third-order valence-electron chi connectivity index (χ3n) is 3.39. The van der Waals surface area contributed by atoms with Crippen LogP contribution in [0.5, 0.6) is 5.75 Å². The van der Waals surface area contributed by atoms with Crippen molar-refractivity contribution in [1.82, 2.24) is 5.32 Å². The molecule has 21 heavy (non-hydrogen) atoms. The predicted molar refractivity (Wildman–Crippen MR) is 83.8 cm³/mol. The first-order valence-electron chi connectivity index (χ1n) is 7.11. The second-order valence-electron chi connectivity index (χ2n) is 5.07. The van der Waals surface area contributed by atoms with Crippen LogP contribution in [-0.2, 0) is 9.59 Å². The number of methoxy groups -OCH3 is 1. The molecule has 0 amide bonds. The van der Waals surface area contributed by atoms with E-state index in [1.54, 1.807) is 14.0 Å². The molecule has 0 radical (unpaired) electrons. The van der Waals surface area contributed by atoms with Gasteiger partial charge in [0.05, 0.1) is 24.9 Å². The van der Waals surface area contributed by atoms with Gasteiger partial charge in [-0.1, -0.05) is 12.1 Å². The van der Waals surface area contributed by atoms with E-state index in [9.17, 15) is 9.59 Å². The zero-order valence-corrected chi connectivity index (χ0v) is 13.1. The Labute approximate surface area is 126 Å². The van der Waals surface area contributed by atoms with Crippen LogP contribution in [0.2, 0.25) is 0 Å². The van der Waals surface area contributed by atoms with Gasteiger partial charge < -0.3 is 15.4 Å². The fourth-order valence-electron chi connectivity index (χ4n) is 1.85. The summed E-state index contributed by atoms with van der Waals surface area (Å²) in [5.74, 6) is 0.868. The Morgan fingerprint density at radius 2 is 1.86 bits per heavy atom. The fourth-order valence-corrected chi connectivity index (χ4v) is 1.85. The van der Waals surface area contributed by atoms with Crippen molar-refractivity contribution in [2.45, 2.75) is 39.3 Å². The highest BCUT2D eigenvalue weighted by molar-refractivity contribution is 5.87. The topological polar surface area (TPSA) is 67.4 Å². The van der Waals surface area contributed by atoms with Crippen molar-refractivity contribution < 1.29 is 14.3 Å². The number of hydrogen-bond donors (Lipinski definition) is 2. The van der Waals surface area contributed by atoms with E-state index >= 15 is 0 Å². The molecule has 0 fully saturated rings. The molecule has 1 aromatic carbocycles. The molecule has 5 heteroatoms. The SMILES string of the molecule is COc1ccccc1NC(C)C(=O)CCNC(C)C(C)=O. The molecule has 2 unspecified atom stereocenters. The average molecular weight is 292 g/mol. The Morgan fingerprint density at radius 3 is 2.48 bits per heavy atom. The number of Topliss-reactive ketones (excluding diaryl/α,β-unsaturated/α-hetero) is 2. The molecule has 116 valence electrons. The third kappa shape index (κ3) is 5.55. The number of anilines is 1. The summed E-state index contributed by atoms with van der Waals surface area (Å²) >= 11 is 0. The van der Waals surface area contributed by atoms with E-state index in [1.807, 2.05) is 31.2 Å². The molecule has 2 atom stereocenters. The molecule has 0 aliphatic heterocycles. The van der Waals surface area contributed by atoms with Gasteiger partial charge in [0.1, 0.15) is 11.5 Å². The zero-order chi connectivity index (χ0) is 15.8. The van der Waals surface area contributed by atoms with Crippen LogP contribution in [0, 0.1) is 0 Å². The van der Waals surface area contributed by atoms with Crippen molar-refractivity contribution in [3.63, 3.8) is 0 Å². The Kier molecular flexibility index (Phi) is 6.88. The molecule has 0 saturated carbocycles. The van der Waals surface area contributed by atoms with Gasteiger partial charge >= 0.3 is 0 Å². The van der Waals surface area contributed by atoms with Gasteiger partial charge in [0.15, 0.2) is 5.78 Å². The summed E-state index contributed by atoms with van der Waals surface area (Å²) in [7, 11) is 1.60. The van der Waals surface area contributed by atoms with Crippen molar-refractivity contribution in [3.8, 4) is 5.75 Å². The van der Waals surface area contributed by atoms with Crippen LogP contribution >= 0.6 is 0 Å². The van der Waals surface area contributed by atoms with Gasteiger partial charge in [0.2, 0.25) is 0 Å². The summed E-state index contributed by atoms with van der Waals surface area (Å²) in [6, 6.07) is 6.96. The second kappa shape index (κ2) is 8.42. The van der Waals surface area contributed by atoms with Crippen LogP contribution in [0.1, 0.15) is 27.2 Å². The Balaban J connectivity index is 2.46. The first kappa shape index (κ1) is 17.2. The number of carbonyl (C=O) groups excluding carboxylic acids is 2. The Bertz CT molecular complexity index is 488. The molecule has 0 bridgehead atoms. The summed E-state index contributed by atoms with van der Waals surface area (Å²) in [4.78, 5) is 23.2. The molecule has 0 aliphatic rings. The minimum Gasteiger partial charge on any atom is -0.495 e. The minimum absolute atomic E-state index is 0.0719. The van der Waals surface area contributed by atoms with Gasteiger partial charge in [-0.15, -0.1) is 0 Å². The molecule has 1 aromatic rings. The molecule has 0 heterocycles. The van der Waals surface area contributed by atoms with Crippen LogP contribution in [-0.4, -0.2) is 37.3 Å². The second-order valence-corrected chi connectivity index (χ2v) is 5.07. The molecule has 2 N–H and O–H groups in total. The number of para-hydroxylation sites is 2. The molecule has 0 aliphatic carbocycles. The smallest absolute Gasteiger partial charge is 0.155 e. The van der Waals surface area contributed by atoms with Crippen molar-refractivity contribution in [2.24, 2.45) is 0 Å². The Hall–Kier alpha value is -1.88. The molecule has 5 nitrogen and oxygen atoms in total. The van der Waals surface area contributed by atoms with Gasteiger partial charge in [-0.2, -0.15) is 0 Å². The molecule has 0 saturated heterocycles. The van der Waals surface area contributed by atoms with Crippen LogP contribution in [0.15, 0.2) is 24.3 Å². The Morgan fingerprint density at radius 1 is 1.19 bits per heavy atom. The summed E-state index contributed by atoms with van der Waals surface area (Å²) in [6.07, 6.45) is 0.376. The molecular formula is C16H24N2O3. The maximum Gasteiger partial charge on any atom is 0.155 e. The van der Waals surface area contributed by atoms with Crippen LogP contribution in [0.3, 0.4) is 0 Å². The summed E-state index contributed by atoms with van der Waals surface area (Å²) in [5, 5.41) is 6.18. The highest BCUT2D eigenvalue weighted by Gasteiger charge is 2.15. The lowest BCUT2D eigenvalue weighted by atomic mass is 10.1. The van der Waals surface area contributed by atoms with Crippen molar-refractivity contribution in [1.29, 1.82) is 0 Å². The lowest BCUT2D eigenvalue weighted by molar-refractivity contribution is -0.120. The highest BCUT2D eigenvalue weighted by atomic mass is 16.5. The fraction of sp³-hybridized carbons (Fsp3) is 0.500. The minimum atomic E-state index is -0.310. The predicted octanol–water partition coefficient (Wildman–Crippen LogP) is 2.02. The van der Waals surface area contributed by atoms with Gasteiger partial charge in [-0.05, 0) is 32.9 Å². The maximum absolute atomic E-state index is 12.1. The van der Waals surface area contributed by atoms with Crippen LogP contribution in [0.4, 0.5) is 5.69 Å². The summed E-state index contributed by atoms with van der Waals surface area (Å²) in [6.45, 7) is 5.65. The standard InChI is InChI=1S/C16H24N2O3/c1-11(13(3)19)17-10-9-15(20)12(2)18-14-7-5-6-8-16(14)21-4/h5-8,11-12,17-18H,9-10H2,1-4H3.